The van der Waals surface area contributed by atoms with Crippen LogP contribution in [0.4, 0.5) is 5.82 Å². The molecule has 1 fully saturated rings. The number of benzene rings is 1. The molecule has 3 heterocycles. The van der Waals surface area contributed by atoms with Crippen LogP contribution in [-0.2, 0) is 0 Å². The Balaban J connectivity index is 1.65. The zero-order valence-electron chi connectivity index (χ0n) is 15.0. The van der Waals surface area contributed by atoms with Gasteiger partial charge >= 0.3 is 0 Å². The van der Waals surface area contributed by atoms with Crippen LogP contribution in [0.1, 0.15) is 0 Å². The maximum Gasteiger partial charge on any atom is 0.151 e. The van der Waals surface area contributed by atoms with Crippen molar-refractivity contribution in [1.82, 2.24) is 24.9 Å². The summed E-state index contributed by atoms with van der Waals surface area (Å²) in [5.74, 6) is 1.71. The summed E-state index contributed by atoms with van der Waals surface area (Å²) < 4.78 is 7.18. The highest BCUT2D eigenvalue weighted by Gasteiger charge is 2.16. The Kier molecular flexibility index (Phi) is 4.53. The first-order chi connectivity index (χ1) is 12.7. The van der Waals surface area contributed by atoms with Gasteiger partial charge in [0.15, 0.2) is 5.82 Å². The molecule has 0 atom stereocenters. The van der Waals surface area contributed by atoms with Crippen molar-refractivity contribution in [3.63, 3.8) is 0 Å². The van der Waals surface area contributed by atoms with Gasteiger partial charge in [-0.3, -0.25) is 0 Å². The summed E-state index contributed by atoms with van der Waals surface area (Å²) >= 11 is 0. The van der Waals surface area contributed by atoms with E-state index in [-0.39, 0.29) is 0 Å². The molecule has 1 aliphatic heterocycles. The summed E-state index contributed by atoms with van der Waals surface area (Å²) in [4.78, 5) is 4.60. The Morgan fingerprint density at radius 2 is 1.85 bits per heavy atom. The fourth-order valence-electron chi connectivity index (χ4n) is 3.13. The normalized spacial score (nSPS) is 15.2. The van der Waals surface area contributed by atoms with Crippen molar-refractivity contribution >= 4 is 5.82 Å². The zero-order valence-corrected chi connectivity index (χ0v) is 15.0. The number of nitrogens with zero attached hydrogens (tertiary/aromatic N) is 6. The molecule has 0 aliphatic carbocycles. The molecule has 0 bridgehead atoms. The molecule has 0 radical (unpaired) electrons. The fourth-order valence-corrected chi connectivity index (χ4v) is 3.13. The van der Waals surface area contributed by atoms with E-state index >= 15 is 0 Å². The van der Waals surface area contributed by atoms with Crippen LogP contribution in [0, 0.1) is 0 Å². The molecule has 4 rings (SSSR count). The number of piperazine rings is 1. The van der Waals surface area contributed by atoms with Gasteiger partial charge < -0.3 is 14.5 Å². The number of ether oxygens (including phenoxy) is 1. The lowest BCUT2D eigenvalue weighted by Crippen LogP contribution is -2.44. The third-order valence-corrected chi connectivity index (χ3v) is 4.71. The average molecular weight is 350 g/mol. The molecule has 1 aromatic carbocycles. The monoisotopic (exact) mass is 350 g/mol. The maximum atomic E-state index is 5.36. The van der Waals surface area contributed by atoms with Crippen molar-refractivity contribution in [2.75, 3.05) is 45.2 Å². The van der Waals surface area contributed by atoms with Crippen molar-refractivity contribution in [1.29, 1.82) is 0 Å². The van der Waals surface area contributed by atoms with Gasteiger partial charge in [-0.05, 0) is 37.4 Å². The first kappa shape index (κ1) is 16.5. The lowest BCUT2D eigenvalue weighted by atomic mass is 10.1. The van der Waals surface area contributed by atoms with Gasteiger partial charge in [0.2, 0.25) is 0 Å². The van der Waals surface area contributed by atoms with Gasteiger partial charge in [0.1, 0.15) is 5.75 Å². The molecule has 7 heteroatoms. The Morgan fingerprint density at radius 1 is 1.00 bits per heavy atom. The number of hydrogen-bond acceptors (Lipinski definition) is 6. The molecule has 0 N–H and O–H groups in total. The van der Waals surface area contributed by atoms with Crippen LogP contribution in [0.3, 0.4) is 0 Å². The van der Waals surface area contributed by atoms with E-state index in [9.17, 15) is 0 Å². The summed E-state index contributed by atoms with van der Waals surface area (Å²) in [5.41, 5.74) is 2.69. The number of likely N-dealkylation sites (N-methyl/N-ethyl adjacent to an activating group) is 1. The highest BCUT2D eigenvalue weighted by molar-refractivity contribution is 5.71. The van der Waals surface area contributed by atoms with E-state index in [2.05, 4.69) is 32.1 Å². The second-order valence-electron chi connectivity index (χ2n) is 6.40. The Labute approximate surface area is 152 Å². The van der Waals surface area contributed by atoms with Gasteiger partial charge in [-0.1, -0.05) is 0 Å². The molecule has 7 nitrogen and oxygen atoms in total. The van der Waals surface area contributed by atoms with Gasteiger partial charge in [-0.25, -0.2) is 4.68 Å². The van der Waals surface area contributed by atoms with Gasteiger partial charge in [0, 0.05) is 50.2 Å². The molecule has 0 spiro atoms. The number of rotatable bonds is 4. The maximum absolute atomic E-state index is 5.36. The van der Waals surface area contributed by atoms with Crippen LogP contribution in [0.15, 0.2) is 48.8 Å². The lowest BCUT2D eigenvalue weighted by Gasteiger charge is -2.32. The molecule has 2 aromatic heterocycles. The minimum absolute atomic E-state index is 0.779. The predicted octanol–water partition coefficient (Wildman–Crippen LogP) is 2.09. The second kappa shape index (κ2) is 7.13. The largest absolute Gasteiger partial charge is 0.497 e. The van der Waals surface area contributed by atoms with E-state index in [1.807, 2.05) is 47.3 Å². The van der Waals surface area contributed by atoms with Crippen LogP contribution in [0.5, 0.6) is 5.75 Å². The van der Waals surface area contributed by atoms with Crippen molar-refractivity contribution in [2.45, 2.75) is 0 Å². The fraction of sp³-hybridized carbons (Fsp3) is 0.316. The second-order valence-corrected chi connectivity index (χ2v) is 6.40. The van der Waals surface area contributed by atoms with Gasteiger partial charge in [-0.15, -0.1) is 10.2 Å². The summed E-state index contributed by atoms with van der Waals surface area (Å²) in [6, 6.07) is 11.8. The molecule has 0 unspecified atom stereocenters. The standard InChI is InChI=1S/C19H22N6O/c1-23-10-12-24(13-11-23)19-7-6-17(21-22-19)16-5-4-15(26-2)14-18(16)25-9-3-8-20-25/h3-9,14H,10-13H2,1-2H3. The SMILES string of the molecule is COc1ccc(-c2ccc(N3CCN(C)CC3)nn2)c(-n2cccn2)c1. The first-order valence-electron chi connectivity index (χ1n) is 8.70. The topological polar surface area (TPSA) is 59.3 Å². The molecule has 3 aromatic rings. The molecule has 0 saturated carbocycles. The van der Waals surface area contributed by atoms with E-state index in [4.69, 9.17) is 4.74 Å². The molecular formula is C19H22N6O. The highest BCUT2D eigenvalue weighted by atomic mass is 16.5. The van der Waals surface area contributed by atoms with Crippen LogP contribution in [-0.4, -0.2) is 65.2 Å². The molecule has 0 amide bonds. The van der Waals surface area contributed by atoms with Crippen LogP contribution in [0.25, 0.3) is 16.9 Å². The van der Waals surface area contributed by atoms with E-state index in [0.717, 1.165) is 54.7 Å². The van der Waals surface area contributed by atoms with Gasteiger partial charge in [-0.2, -0.15) is 5.10 Å². The third kappa shape index (κ3) is 3.25. The molecule has 1 saturated heterocycles. The van der Waals surface area contributed by atoms with Crippen LogP contribution >= 0.6 is 0 Å². The predicted molar refractivity (Wildman–Crippen MR) is 101 cm³/mol. The average Bonchev–Trinajstić information content (AvgIpc) is 3.23. The Hall–Kier alpha value is -2.93. The third-order valence-electron chi connectivity index (χ3n) is 4.71. The number of hydrogen-bond donors (Lipinski definition) is 0. The summed E-state index contributed by atoms with van der Waals surface area (Å²) in [5, 5.41) is 13.3. The van der Waals surface area contributed by atoms with Gasteiger partial charge in [0.05, 0.1) is 18.5 Å². The zero-order chi connectivity index (χ0) is 17.9. The van der Waals surface area contributed by atoms with Gasteiger partial charge in [0.25, 0.3) is 0 Å². The summed E-state index contributed by atoms with van der Waals surface area (Å²) in [6.07, 6.45) is 3.66. The summed E-state index contributed by atoms with van der Waals surface area (Å²) in [6.45, 7) is 4.05. The number of methoxy groups -OCH3 is 1. The molecule has 26 heavy (non-hydrogen) atoms. The molecule has 134 valence electrons. The number of anilines is 1. The van der Waals surface area contributed by atoms with Crippen molar-refractivity contribution < 1.29 is 4.74 Å². The Morgan fingerprint density at radius 3 is 2.50 bits per heavy atom. The minimum atomic E-state index is 0.779. The highest BCUT2D eigenvalue weighted by Crippen LogP contribution is 2.29. The first-order valence-corrected chi connectivity index (χ1v) is 8.70. The van der Waals surface area contributed by atoms with E-state index < -0.39 is 0 Å². The molecular weight excluding hydrogens is 328 g/mol. The van der Waals surface area contributed by atoms with E-state index in [0.29, 0.717) is 0 Å². The summed E-state index contributed by atoms with van der Waals surface area (Å²) in [7, 11) is 3.80. The molecule has 1 aliphatic rings. The van der Waals surface area contributed by atoms with Crippen LogP contribution in [0.2, 0.25) is 0 Å². The van der Waals surface area contributed by atoms with Crippen molar-refractivity contribution in [3.05, 3.63) is 48.8 Å². The smallest absolute Gasteiger partial charge is 0.151 e. The Bertz CT molecular complexity index is 854. The lowest BCUT2D eigenvalue weighted by molar-refractivity contribution is 0.312. The van der Waals surface area contributed by atoms with Crippen LogP contribution < -0.4 is 9.64 Å². The van der Waals surface area contributed by atoms with E-state index in [1.54, 1.807) is 13.3 Å². The van der Waals surface area contributed by atoms with Crippen molar-refractivity contribution in [3.8, 4) is 22.7 Å². The van der Waals surface area contributed by atoms with Crippen molar-refractivity contribution in [2.24, 2.45) is 0 Å². The minimum Gasteiger partial charge on any atom is -0.497 e. The number of aromatic nitrogens is 4. The van der Waals surface area contributed by atoms with E-state index in [1.165, 1.54) is 0 Å². The quantitative estimate of drug-likeness (QED) is 0.718.